The Hall–Kier alpha value is -0.950. The van der Waals surface area contributed by atoms with Crippen molar-refractivity contribution in [2.75, 3.05) is 6.26 Å². The second kappa shape index (κ2) is 4.14. The summed E-state index contributed by atoms with van der Waals surface area (Å²) in [6, 6.07) is 2.31. The number of aryl methyl sites for hydroxylation is 1. The van der Waals surface area contributed by atoms with E-state index in [1.54, 1.807) is 0 Å². The Labute approximate surface area is 102 Å². The highest BCUT2D eigenvalue weighted by molar-refractivity contribution is 7.98. The summed E-state index contributed by atoms with van der Waals surface area (Å²) in [6.07, 6.45) is 5.44. The van der Waals surface area contributed by atoms with Crippen LogP contribution in [0.2, 0.25) is 0 Å². The van der Waals surface area contributed by atoms with Crippen LogP contribution < -0.4 is 0 Å². The van der Waals surface area contributed by atoms with E-state index in [1.807, 2.05) is 11.8 Å². The Morgan fingerprint density at radius 1 is 1.25 bits per heavy atom. The SMILES string of the molecule is C=C1Cc2c(cc(C)c(C)c2SC)C=C1C. The third-order valence-electron chi connectivity index (χ3n) is 3.45. The van der Waals surface area contributed by atoms with Gasteiger partial charge in [-0.2, -0.15) is 0 Å². The monoisotopic (exact) mass is 230 g/mol. The first-order valence-electron chi connectivity index (χ1n) is 5.58. The minimum atomic E-state index is 1.01. The highest BCUT2D eigenvalue weighted by Gasteiger charge is 2.17. The van der Waals surface area contributed by atoms with Gasteiger partial charge in [0.2, 0.25) is 0 Å². The van der Waals surface area contributed by atoms with Crippen molar-refractivity contribution in [3.8, 4) is 0 Å². The van der Waals surface area contributed by atoms with Gasteiger partial charge < -0.3 is 0 Å². The van der Waals surface area contributed by atoms with Gasteiger partial charge in [-0.3, -0.25) is 0 Å². The third-order valence-corrected chi connectivity index (χ3v) is 4.41. The van der Waals surface area contributed by atoms with Crippen LogP contribution in [-0.4, -0.2) is 6.26 Å². The van der Waals surface area contributed by atoms with Gasteiger partial charge in [0.15, 0.2) is 0 Å². The summed E-state index contributed by atoms with van der Waals surface area (Å²) in [5.74, 6) is 0. The number of hydrogen-bond donors (Lipinski definition) is 0. The van der Waals surface area contributed by atoms with Gasteiger partial charge in [-0.1, -0.05) is 18.7 Å². The van der Waals surface area contributed by atoms with Crippen LogP contribution >= 0.6 is 11.8 Å². The van der Waals surface area contributed by atoms with E-state index in [0.717, 1.165) is 6.42 Å². The van der Waals surface area contributed by atoms with Crippen molar-refractivity contribution in [2.45, 2.75) is 32.1 Å². The molecular formula is C15H18S. The molecule has 0 radical (unpaired) electrons. The zero-order valence-electron chi connectivity index (χ0n) is 10.5. The molecule has 0 saturated carbocycles. The molecule has 1 aromatic rings. The van der Waals surface area contributed by atoms with Gasteiger partial charge in [0.05, 0.1) is 0 Å². The molecule has 0 aromatic heterocycles. The van der Waals surface area contributed by atoms with Crippen LogP contribution in [0, 0.1) is 13.8 Å². The van der Waals surface area contributed by atoms with Crippen LogP contribution in [0.5, 0.6) is 0 Å². The average Bonchev–Trinajstić information content (AvgIpc) is 2.24. The molecule has 0 N–H and O–H groups in total. The zero-order chi connectivity index (χ0) is 11.9. The second-order valence-corrected chi connectivity index (χ2v) is 5.34. The molecule has 0 heterocycles. The van der Waals surface area contributed by atoms with E-state index in [0.29, 0.717) is 0 Å². The lowest BCUT2D eigenvalue weighted by molar-refractivity contribution is 1.04. The minimum absolute atomic E-state index is 1.01. The van der Waals surface area contributed by atoms with Crippen molar-refractivity contribution < 1.29 is 0 Å². The summed E-state index contributed by atoms with van der Waals surface area (Å²) in [7, 11) is 0. The molecule has 0 fully saturated rings. The number of hydrogen-bond acceptors (Lipinski definition) is 1. The predicted molar refractivity (Wildman–Crippen MR) is 74.2 cm³/mol. The maximum atomic E-state index is 4.14. The maximum Gasteiger partial charge on any atom is 0.0142 e. The fourth-order valence-electron chi connectivity index (χ4n) is 2.24. The van der Waals surface area contributed by atoms with Gasteiger partial charge >= 0.3 is 0 Å². The molecule has 0 bridgehead atoms. The lowest BCUT2D eigenvalue weighted by Gasteiger charge is -2.22. The summed E-state index contributed by atoms with van der Waals surface area (Å²) < 4.78 is 0. The van der Waals surface area contributed by atoms with Gasteiger partial charge in [0.25, 0.3) is 0 Å². The summed E-state index contributed by atoms with van der Waals surface area (Å²) in [6.45, 7) is 10.7. The van der Waals surface area contributed by atoms with Crippen LogP contribution in [0.15, 0.2) is 28.7 Å². The third kappa shape index (κ3) is 1.73. The maximum absolute atomic E-state index is 4.14. The smallest absolute Gasteiger partial charge is 0.0142 e. The largest absolute Gasteiger partial charge is 0.129 e. The Morgan fingerprint density at radius 2 is 1.94 bits per heavy atom. The first kappa shape index (κ1) is 11.5. The molecular weight excluding hydrogens is 212 g/mol. The van der Waals surface area contributed by atoms with Crippen LogP contribution in [0.1, 0.15) is 29.2 Å². The molecule has 0 nitrogen and oxygen atoms in total. The number of fused-ring (bicyclic) bond motifs is 1. The van der Waals surface area contributed by atoms with E-state index in [1.165, 1.54) is 38.3 Å². The Balaban J connectivity index is 2.71. The molecule has 0 spiro atoms. The van der Waals surface area contributed by atoms with Crippen molar-refractivity contribution in [3.63, 3.8) is 0 Å². The summed E-state index contributed by atoms with van der Waals surface area (Å²) in [5.41, 5.74) is 8.24. The highest BCUT2D eigenvalue weighted by atomic mass is 32.2. The molecule has 0 aliphatic heterocycles. The molecule has 1 aliphatic carbocycles. The van der Waals surface area contributed by atoms with E-state index in [2.05, 4.69) is 45.7 Å². The molecule has 16 heavy (non-hydrogen) atoms. The number of rotatable bonds is 1. The fraction of sp³-hybridized carbons (Fsp3) is 0.333. The van der Waals surface area contributed by atoms with E-state index in [-0.39, 0.29) is 0 Å². The van der Waals surface area contributed by atoms with Crippen molar-refractivity contribution in [1.29, 1.82) is 0 Å². The molecule has 0 amide bonds. The van der Waals surface area contributed by atoms with Crippen molar-refractivity contribution in [1.82, 2.24) is 0 Å². The van der Waals surface area contributed by atoms with Gasteiger partial charge in [-0.25, -0.2) is 0 Å². The quantitative estimate of drug-likeness (QED) is 0.638. The molecule has 0 atom stereocenters. The van der Waals surface area contributed by atoms with Crippen LogP contribution in [0.25, 0.3) is 6.08 Å². The fourth-order valence-corrected chi connectivity index (χ4v) is 3.14. The van der Waals surface area contributed by atoms with E-state index in [9.17, 15) is 0 Å². The zero-order valence-corrected chi connectivity index (χ0v) is 11.3. The Bertz CT molecular complexity index is 493. The van der Waals surface area contributed by atoms with Crippen molar-refractivity contribution >= 4 is 17.8 Å². The molecule has 1 aliphatic rings. The average molecular weight is 230 g/mol. The van der Waals surface area contributed by atoms with Crippen molar-refractivity contribution in [3.05, 3.63) is 46.0 Å². The summed E-state index contributed by atoms with van der Waals surface area (Å²) in [5, 5.41) is 0. The minimum Gasteiger partial charge on any atom is -0.129 e. The topological polar surface area (TPSA) is 0 Å². The van der Waals surface area contributed by atoms with E-state index < -0.39 is 0 Å². The lowest BCUT2D eigenvalue weighted by atomic mass is 9.87. The van der Waals surface area contributed by atoms with Gasteiger partial charge in [0, 0.05) is 4.90 Å². The Kier molecular flexibility index (Phi) is 2.98. The Morgan fingerprint density at radius 3 is 2.56 bits per heavy atom. The summed E-state index contributed by atoms with van der Waals surface area (Å²) >= 11 is 1.86. The highest BCUT2D eigenvalue weighted by Crippen LogP contribution is 2.36. The first-order chi connectivity index (χ1) is 7.54. The van der Waals surface area contributed by atoms with Crippen molar-refractivity contribution in [2.24, 2.45) is 0 Å². The van der Waals surface area contributed by atoms with Crippen LogP contribution in [0.4, 0.5) is 0 Å². The van der Waals surface area contributed by atoms with Crippen LogP contribution in [-0.2, 0) is 6.42 Å². The summed E-state index contributed by atoms with van der Waals surface area (Å²) in [4.78, 5) is 1.44. The van der Waals surface area contributed by atoms with Gasteiger partial charge in [-0.05, 0) is 66.8 Å². The lowest BCUT2D eigenvalue weighted by Crippen LogP contribution is -2.04. The van der Waals surface area contributed by atoms with Gasteiger partial charge in [-0.15, -0.1) is 11.8 Å². The standard InChI is InChI=1S/C15H18S/c1-9-6-13-7-11(3)12(4)15(16-5)14(13)8-10(9)2/h6-7H,2,8H2,1,3-5H3. The normalized spacial score (nSPS) is 14.8. The predicted octanol–water partition coefficient (Wildman–Crippen LogP) is 4.54. The molecule has 0 unspecified atom stereocenters. The molecule has 2 rings (SSSR count). The van der Waals surface area contributed by atoms with Crippen LogP contribution in [0.3, 0.4) is 0 Å². The number of benzene rings is 1. The molecule has 0 saturated heterocycles. The number of allylic oxidation sites excluding steroid dienone is 2. The van der Waals surface area contributed by atoms with E-state index >= 15 is 0 Å². The van der Waals surface area contributed by atoms with Gasteiger partial charge in [0.1, 0.15) is 0 Å². The van der Waals surface area contributed by atoms with E-state index in [4.69, 9.17) is 0 Å². The molecule has 1 heteroatoms. The number of thioether (sulfide) groups is 1. The second-order valence-electron chi connectivity index (χ2n) is 4.53. The molecule has 84 valence electrons. The first-order valence-corrected chi connectivity index (χ1v) is 6.80. The molecule has 1 aromatic carbocycles.